The molecule has 2 heterocycles. The molecular weight excluding hydrogens is 342 g/mol. The van der Waals surface area contributed by atoms with Gasteiger partial charge in [-0.2, -0.15) is 5.26 Å². The standard InChI is InChI=1S/C15H17N7O2S/c1-2-3-6-22-13-5-4-11(25(17,23)24)7-12(13)19-15(22)9-21-10-18-14(8-16)20-21/h4-5,7,10H,2-3,6,9H2,1H3,(H2,17,23,24). The number of nitriles is 1. The summed E-state index contributed by atoms with van der Waals surface area (Å²) in [4.78, 5) is 8.45. The molecule has 130 valence electrons. The highest BCUT2D eigenvalue weighted by Crippen LogP contribution is 2.21. The third-order valence-corrected chi connectivity index (χ3v) is 4.71. The molecule has 0 aliphatic carbocycles. The molecule has 1 aromatic carbocycles. The van der Waals surface area contributed by atoms with Crippen molar-refractivity contribution in [1.82, 2.24) is 24.3 Å². The van der Waals surface area contributed by atoms with Gasteiger partial charge in [0.2, 0.25) is 10.0 Å². The van der Waals surface area contributed by atoms with Gasteiger partial charge in [-0.15, -0.1) is 5.10 Å². The van der Waals surface area contributed by atoms with E-state index in [-0.39, 0.29) is 10.7 Å². The van der Waals surface area contributed by atoms with Gasteiger partial charge < -0.3 is 4.57 Å². The summed E-state index contributed by atoms with van der Waals surface area (Å²) in [5.41, 5.74) is 1.38. The van der Waals surface area contributed by atoms with Crippen LogP contribution in [0.25, 0.3) is 11.0 Å². The number of aromatic nitrogens is 5. The van der Waals surface area contributed by atoms with Gasteiger partial charge in [0.15, 0.2) is 0 Å². The molecule has 10 heteroatoms. The highest BCUT2D eigenvalue weighted by atomic mass is 32.2. The van der Waals surface area contributed by atoms with Gasteiger partial charge >= 0.3 is 0 Å². The molecule has 0 fully saturated rings. The predicted molar refractivity (Wildman–Crippen MR) is 89.9 cm³/mol. The van der Waals surface area contributed by atoms with E-state index in [4.69, 9.17) is 10.4 Å². The average molecular weight is 359 g/mol. The van der Waals surface area contributed by atoms with Crippen LogP contribution in [0.15, 0.2) is 29.4 Å². The lowest BCUT2D eigenvalue weighted by Crippen LogP contribution is -2.12. The zero-order chi connectivity index (χ0) is 18.0. The molecule has 0 aliphatic heterocycles. The van der Waals surface area contributed by atoms with Crippen LogP contribution in [0.2, 0.25) is 0 Å². The van der Waals surface area contributed by atoms with Gasteiger partial charge in [-0.3, -0.25) is 0 Å². The SMILES string of the molecule is CCCCn1c(Cn2cnc(C#N)n2)nc2cc(S(N)(=O)=O)ccc21. The molecule has 0 saturated carbocycles. The molecule has 3 aromatic rings. The van der Waals surface area contributed by atoms with Crippen LogP contribution in [0.3, 0.4) is 0 Å². The van der Waals surface area contributed by atoms with Crippen molar-refractivity contribution < 1.29 is 8.42 Å². The summed E-state index contributed by atoms with van der Waals surface area (Å²) in [5.74, 6) is 0.803. The summed E-state index contributed by atoms with van der Waals surface area (Å²) in [6.45, 7) is 3.17. The number of nitrogens with zero attached hydrogens (tertiary/aromatic N) is 6. The van der Waals surface area contributed by atoms with Gasteiger partial charge in [0.25, 0.3) is 5.82 Å². The first-order valence-corrected chi connectivity index (χ1v) is 9.28. The van der Waals surface area contributed by atoms with Crippen molar-refractivity contribution in [3.05, 3.63) is 36.2 Å². The summed E-state index contributed by atoms with van der Waals surface area (Å²) in [6.07, 6.45) is 3.43. The Morgan fingerprint density at radius 2 is 2.16 bits per heavy atom. The second kappa shape index (κ2) is 6.62. The van der Waals surface area contributed by atoms with E-state index in [1.807, 2.05) is 10.6 Å². The summed E-state index contributed by atoms with van der Waals surface area (Å²) >= 11 is 0. The van der Waals surface area contributed by atoms with Gasteiger partial charge in [-0.05, 0) is 24.6 Å². The first-order valence-electron chi connectivity index (χ1n) is 7.74. The average Bonchev–Trinajstić information content (AvgIpc) is 3.16. The van der Waals surface area contributed by atoms with E-state index < -0.39 is 10.0 Å². The second-order valence-electron chi connectivity index (χ2n) is 5.61. The van der Waals surface area contributed by atoms with Crippen molar-refractivity contribution in [1.29, 1.82) is 5.26 Å². The van der Waals surface area contributed by atoms with Crippen molar-refractivity contribution in [2.45, 2.75) is 37.8 Å². The van der Waals surface area contributed by atoms with Gasteiger partial charge in [0, 0.05) is 6.54 Å². The minimum Gasteiger partial charge on any atom is -0.326 e. The monoisotopic (exact) mass is 359 g/mol. The molecule has 0 bridgehead atoms. The first kappa shape index (κ1) is 17.1. The smallest absolute Gasteiger partial charge is 0.252 e. The minimum absolute atomic E-state index is 0.0271. The third-order valence-electron chi connectivity index (χ3n) is 3.80. The number of rotatable bonds is 6. The quantitative estimate of drug-likeness (QED) is 0.698. The minimum atomic E-state index is -3.79. The molecule has 0 spiro atoms. The van der Waals surface area contributed by atoms with E-state index in [0.717, 1.165) is 24.9 Å². The number of primary sulfonamides is 1. The number of hydrogen-bond donors (Lipinski definition) is 1. The maximum Gasteiger partial charge on any atom is 0.252 e. The second-order valence-corrected chi connectivity index (χ2v) is 7.17. The molecule has 0 saturated heterocycles. The van der Waals surface area contributed by atoms with E-state index in [9.17, 15) is 8.42 Å². The lowest BCUT2D eigenvalue weighted by Gasteiger charge is -2.08. The van der Waals surface area contributed by atoms with Crippen LogP contribution in [0.4, 0.5) is 0 Å². The molecule has 0 aliphatic rings. The van der Waals surface area contributed by atoms with E-state index in [0.29, 0.717) is 17.9 Å². The van der Waals surface area contributed by atoms with Gasteiger partial charge in [-0.25, -0.2) is 28.2 Å². The van der Waals surface area contributed by atoms with Crippen LogP contribution in [0.1, 0.15) is 31.4 Å². The number of nitrogens with two attached hydrogens (primary N) is 1. The number of sulfonamides is 1. The topological polar surface area (TPSA) is 132 Å². The molecule has 2 aromatic heterocycles. The fourth-order valence-corrected chi connectivity index (χ4v) is 3.12. The molecule has 3 rings (SSSR count). The molecule has 25 heavy (non-hydrogen) atoms. The molecule has 2 N–H and O–H groups in total. The Kier molecular flexibility index (Phi) is 4.52. The van der Waals surface area contributed by atoms with Crippen molar-refractivity contribution >= 4 is 21.1 Å². The molecule has 0 atom stereocenters. The van der Waals surface area contributed by atoms with Crippen LogP contribution >= 0.6 is 0 Å². The zero-order valence-electron chi connectivity index (χ0n) is 13.6. The largest absolute Gasteiger partial charge is 0.326 e. The summed E-state index contributed by atoms with van der Waals surface area (Å²) in [5, 5.41) is 18.1. The van der Waals surface area contributed by atoms with Crippen LogP contribution in [-0.4, -0.2) is 32.7 Å². The van der Waals surface area contributed by atoms with Crippen molar-refractivity contribution in [3.8, 4) is 6.07 Å². The van der Waals surface area contributed by atoms with E-state index in [1.165, 1.54) is 23.1 Å². The van der Waals surface area contributed by atoms with E-state index in [1.54, 1.807) is 6.07 Å². The third kappa shape index (κ3) is 3.52. The lowest BCUT2D eigenvalue weighted by molar-refractivity contribution is 0.575. The van der Waals surface area contributed by atoms with Crippen LogP contribution in [0.5, 0.6) is 0 Å². The van der Waals surface area contributed by atoms with E-state index >= 15 is 0 Å². The Labute approximate surface area is 144 Å². The van der Waals surface area contributed by atoms with Crippen LogP contribution in [-0.2, 0) is 23.1 Å². The Morgan fingerprint density at radius 1 is 1.36 bits per heavy atom. The van der Waals surface area contributed by atoms with Crippen LogP contribution in [0, 0.1) is 11.3 Å². The summed E-state index contributed by atoms with van der Waals surface area (Å²) in [6, 6.07) is 6.55. The number of hydrogen-bond acceptors (Lipinski definition) is 6. The van der Waals surface area contributed by atoms with Crippen molar-refractivity contribution in [3.63, 3.8) is 0 Å². The Bertz CT molecular complexity index is 1060. The van der Waals surface area contributed by atoms with Gasteiger partial charge in [0.1, 0.15) is 24.8 Å². The Balaban J connectivity index is 2.07. The van der Waals surface area contributed by atoms with Crippen molar-refractivity contribution in [2.75, 3.05) is 0 Å². The molecule has 0 radical (unpaired) electrons. The van der Waals surface area contributed by atoms with Crippen LogP contribution < -0.4 is 5.14 Å². The van der Waals surface area contributed by atoms with E-state index in [2.05, 4.69) is 22.0 Å². The fourth-order valence-electron chi connectivity index (χ4n) is 2.59. The highest BCUT2D eigenvalue weighted by molar-refractivity contribution is 7.89. The fraction of sp³-hybridized carbons (Fsp3) is 0.333. The maximum atomic E-state index is 11.6. The van der Waals surface area contributed by atoms with Crippen molar-refractivity contribution in [2.24, 2.45) is 5.14 Å². The predicted octanol–water partition coefficient (Wildman–Crippen LogP) is 0.995. The molecule has 0 amide bonds. The lowest BCUT2D eigenvalue weighted by atomic mass is 10.3. The number of imidazole rings is 1. The number of aryl methyl sites for hydroxylation is 1. The summed E-state index contributed by atoms with van der Waals surface area (Å²) < 4.78 is 26.7. The Morgan fingerprint density at radius 3 is 2.80 bits per heavy atom. The van der Waals surface area contributed by atoms with Gasteiger partial charge in [0.05, 0.1) is 15.9 Å². The normalized spacial score (nSPS) is 11.7. The number of fused-ring (bicyclic) bond motifs is 1. The molecule has 9 nitrogen and oxygen atoms in total. The molecular formula is C15H17N7O2S. The zero-order valence-corrected chi connectivity index (χ0v) is 14.4. The number of benzene rings is 1. The Hall–Kier alpha value is -2.77. The highest BCUT2D eigenvalue weighted by Gasteiger charge is 2.15. The first-order chi connectivity index (χ1) is 11.9. The maximum absolute atomic E-state index is 11.6. The summed E-state index contributed by atoms with van der Waals surface area (Å²) in [7, 11) is -3.79. The molecule has 0 unspecified atom stereocenters. The number of unbranched alkanes of at least 4 members (excludes halogenated alkanes) is 1. The van der Waals surface area contributed by atoms with Gasteiger partial charge in [-0.1, -0.05) is 13.3 Å².